The number of hydrogen-bond acceptors (Lipinski definition) is 5. The van der Waals surface area contributed by atoms with E-state index in [-0.39, 0.29) is 17.8 Å². The van der Waals surface area contributed by atoms with E-state index >= 15 is 0 Å². The van der Waals surface area contributed by atoms with Crippen LogP contribution in [0.5, 0.6) is 0 Å². The number of ketones is 1. The summed E-state index contributed by atoms with van der Waals surface area (Å²) in [5.74, 6) is -1.35. The minimum absolute atomic E-state index is 0.0548. The van der Waals surface area contributed by atoms with Gasteiger partial charge < -0.3 is 14.2 Å². The summed E-state index contributed by atoms with van der Waals surface area (Å²) in [6.07, 6.45) is -0.319. The number of fused-ring (bicyclic) bond motifs is 3. The molecule has 94 valence electrons. The average molecular weight is 240 g/mol. The minimum atomic E-state index is -0.957. The van der Waals surface area contributed by atoms with Crippen molar-refractivity contribution < 1.29 is 23.8 Å². The monoisotopic (exact) mass is 240 g/mol. The van der Waals surface area contributed by atoms with Crippen molar-refractivity contribution in [1.82, 2.24) is 0 Å². The molecule has 4 atom stereocenters. The molecule has 5 nitrogen and oxygen atoms in total. The van der Waals surface area contributed by atoms with Crippen LogP contribution in [-0.4, -0.2) is 36.4 Å². The first-order chi connectivity index (χ1) is 7.92. The lowest BCUT2D eigenvalue weighted by atomic mass is 10.0. The van der Waals surface area contributed by atoms with Crippen molar-refractivity contribution in [3.8, 4) is 0 Å². The van der Waals surface area contributed by atoms with Gasteiger partial charge in [0.25, 0.3) is 0 Å². The Labute approximate surface area is 99.4 Å². The lowest BCUT2D eigenvalue weighted by molar-refractivity contribution is -0.170. The smallest absolute Gasteiger partial charge is 0.320 e. The molecule has 3 rings (SSSR count). The van der Waals surface area contributed by atoms with E-state index in [4.69, 9.17) is 14.2 Å². The first-order valence-electron chi connectivity index (χ1n) is 5.99. The van der Waals surface area contributed by atoms with Gasteiger partial charge in [0, 0.05) is 5.92 Å². The fraction of sp³-hybridized carbons (Fsp3) is 0.833. The second-order valence-electron chi connectivity index (χ2n) is 5.39. The maximum Gasteiger partial charge on any atom is 0.320 e. The van der Waals surface area contributed by atoms with E-state index in [9.17, 15) is 9.59 Å². The van der Waals surface area contributed by atoms with Crippen LogP contribution in [0.1, 0.15) is 27.2 Å². The van der Waals surface area contributed by atoms with E-state index < -0.39 is 23.3 Å². The zero-order chi connectivity index (χ0) is 12.4. The molecule has 0 unspecified atom stereocenters. The van der Waals surface area contributed by atoms with E-state index in [1.165, 1.54) is 0 Å². The van der Waals surface area contributed by atoms with Gasteiger partial charge in [-0.2, -0.15) is 0 Å². The molecular weight excluding hydrogens is 224 g/mol. The standard InChI is InChI=1S/C12H16O5/c1-4-15-10(14)12-5-6(12)7-8(9(12)13)17-11(2,3)16-7/h6-8H,4-5H2,1-3H3/t6-,7+,8+,12+/m1/s1. The number of Topliss-reactive ketones (excluding diaryl/α,β-unsaturated/α-hetero) is 1. The highest BCUT2D eigenvalue weighted by Crippen LogP contribution is 2.65. The van der Waals surface area contributed by atoms with Gasteiger partial charge in [-0.1, -0.05) is 0 Å². The Kier molecular flexibility index (Phi) is 2.03. The van der Waals surface area contributed by atoms with Crippen molar-refractivity contribution in [2.24, 2.45) is 11.3 Å². The van der Waals surface area contributed by atoms with Crippen LogP contribution in [0.3, 0.4) is 0 Å². The number of hydrogen-bond donors (Lipinski definition) is 0. The van der Waals surface area contributed by atoms with Gasteiger partial charge in [-0.15, -0.1) is 0 Å². The third-order valence-corrected chi connectivity index (χ3v) is 3.88. The molecular formula is C12H16O5. The van der Waals surface area contributed by atoms with Gasteiger partial charge in [0.15, 0.2) is 11.6 Å². The third-order valence-electron chi connectivity index (χ3n) is 3.88. The van der Waals surface area contributed by atoms with Gasteiger partial charge >= 0.3 is 5.97 Å². The molecule has 0 aromatic rings. The first kappa shape index (κ1) is 11.2. The number of esters is 1. The third kappa shape index (κ3) is 1.27. The molecule has 2 saturated carbocycles. The van der Waals surface area contributed by atoms with E-state index in [1.54, 1.807) is 20.8 Å². The molecule has 0 amide bonds. The number of rotatable bonds is 2. The Morgan fingerprint density at radius 3 is 2.76 bits per heavy atom. The maximum atomic E-state index is 12.2. The van der Waals surface area contributed by atoms with Crippen LogP contribution >= 0.6 is 0 Å². The van der Waals surface area contributed by atoms with Crippen LogP contribution in [-0.2, 0) is 23.8 Å². The van der Waals surface area contributed by atoms with Crippen LogP contribution in [0.4, 0.5) is 0 Å². The molecule has 1 heterocycles. The molecule has 3 aliphatic rings. The molecule has 17 heavy (non-hydrogen) atoms. The molecule has 1 saturated heterocycles. The van der Waals surface area contributed by atoms with Crippen LogP contribution in [0.15, 0.2) is 0 Å². The van der Waals surface area contributed by atoms with Gasteiger partial charge in [0.05, 0.1) is 12.7 Å². The molecule has 2 aliphatic carbocycles. The zero-order valence-corrected chi connectivity index (χ0v) is 10.2. The molecule has 5 heteroatoms. The molecule has 3 fully saturated rings. The summed E-state index contributed by atoms with van der Waals surface area (Å²) in [7, 11) is 0. The number of carbonyl (C=O) groups excluding carboxylic acids is 2. The summed E-state index contributed by atoms with van der Waals surface area (Å²) >= 11 is 0. The van der Waals surface area contributed by atoms with Gasteiger partial charge in [0.1, 0.15) is 11.5 Å². The average Bonchev–Trinajstić information content (AvgIpc) is 2.85. The van der Waals surface area contributed by atoms with E-state index in [0.29, 0.717) is 13.0 Å². The van der Waals surface area contributed by atoms with Crippen molar-refractivity contribution in [3.63, 3.8) is 0 Å². The van der Waals surface area contributed by atoms with Crippen LogP contribution in [0.25, 0.3) is 0 Å². The maximum absolute atomic E-state index is 12.2. The highest BCUT2D eigenvalue weighted by Gasteiger charge is 2.79. The fourth-order valence-corrected chi connectivity index (χ4v) is 3.10. The largest absolute Gasteiger partial charge is 0.465 e. The highest BCUT2D eigenvalue weighted by molar-refractivity contribution is 6.12. The Bertz CT molecular complexity index is 402. The van der Waals surface area contributed by atoms with Crippen LogP contribution < -0.4 is 0 Å². The molecule has 0 N–H and O–H groups in total. The van der Waals surface area contributed by atoms with Gasteiger partial charge in [-0.3, -0.25) is 9.59 Å². The summed E-state index contributed by atoms with van der Waals surface area (Å²) in [6, 6.07) is 0. The number of ether oxygens (including phenoxy) is 3. The predicted octanol–water partition coefficient (Wildman–Crippen LogP) is 0.659. The molecule has 0 aromatic carbocycles. The second kappa shape index (κ2) is 3.09. The van der Waals surface area contributed by atoms with Crippen molar-refractivity contribution >= 4 is 11.8 Å². The van der Waals surface area contributed by atoms with Crippen molar-refractivity contribution in [2.75, 3.05) is 6.61 Å². The van der Waals surface area contributed by atoms with Gasteiger partial charge in [-0.05, 0) is 27.2 Å². The lowest BCUT2D eigenvalue weighted by Crippen LogP contribution is -2.35. The Balaban J connectivity index is 1.84. The molecule has 1 aliphatic heterocycles. The SMILES string of the molecule is CCOC(=O)[C@@]12C[C@@H]1[C@@H]1OC(C)(C)O[C@@H]1C2=O. The van der Waals surface area contributed by atoms with Crippen molar-refractivity contribution in [1.29, 1.82) is 0 Å². The second-order valence-corrected chi connectivity index (χ2v) is 5.39. The molecule has 0 aromatic heterocycles. The lowest BCUT2D eigenvalue weighted by Gasteiger charge is -2.19. The quantitative estimate of drug-likeness (QED) is 0.524. The normalized spacial score (nSPS) is 45.4. The van der Waals surface area contributed by atoms with E-state index in [1.807, 2.05) is 0 Å². The summed E-state index contributed by atoms with van der Waals surface area (Å²) in [4.78, 5) is 24.1. The zero-order valence-electron chi connectivity index (χ0n) is 10.2. The molecule has 0 bridgehead atoms. The van der Waals surface area contributed by atoms with E-state index in [0.717, 1.165) is 0 Å². The highest BCUT2D eigenvalue weighted by atomic mass is 16.8. The van der Waals surface area contributed by atoms with Crippen LogP contribution in [0, 0.1) is 11.3 Å². The Morgan fingerprint density at radius 1 is 1.47 bits per heavy atom. The minimum Gasteiger partial charge on any atom is -0.465 e. The van der Waals surface area contributed by atoms with Crippen LogP contribution in [0.2, 0.25) is 0 Å². The molecule has 0 radical (unpaired) electrons. The Hall–Kier alpha value is -0.940. The summed E-state index contributed by atoms with van der Waals surface area (Å²) in [5, 5.41) is 0. The molecule has 0 spiro atoms. The predicted molar refractivity (Wildman–Crippen MR) is 56.0 cm³/mol. The summed E-state index contributed by atoms with van der Waals surface area (Å²) < 4.78 is 16.2. The topological polar surface area (TPSA) is 61.8 Å². The van der Waals surface area contributed by atoms with Gasteiger partial charge in [0.2, 0.25) is 0 Å². The van der Waals surface area contributed by atoms with Crippen molar-refractivity contribution in [3.05, 3.63) is 0 Å². The van der Waals surface area contributed by atoms with E-state index in [2.05, 4.69) is 0 Å². The van der Waals surface area contributed by atoms with Gasteiger partial charge in [-0.25, -0.2) is 0 Å². The summed E-state index contributed by atoms with van der Waals surface area (Å²) in [6.45, 7) is 5.60. The fourth-order valence-electron chi connectivity index (χ4n) is 3.10. The first-order valence-corrected chi connectivity index (χ1v) is 5.99. The summed E-state index contributed by atoms with van der Waals surface area (Å²) in [5.41, 5.74) is -0.957. The van der Waals surface area contributed by atoms with Crippen molar-refractivity contribution in [2.45, 2.75) is 45.2 Å². The number of carbonyl (C=O) groups is 2. The Morgan fingerprint density at radius 2 is 2.18 bits per heavy atom.